The third-order valence-corrected chi connectivity index (χ3v) is 6.95. The van der Waals surface area contributed by atoms with Gasteiger partial charge in [-0.2, -0.15) is 0 Å². The van der Waals surface area contributed by atoms with Gasteiger partial charge in [0, 0.05) is 5.92 Å². The second-order valence-electron chi connectivity index (χ2n) is 10.6. The lowest BCUT2D eigenvalue weighted by Gasteiger charge is -2.36. The molecule has 2 aromatic rings. The molecule has 0 radical (unpaired) electrons. The van der Waals surface area contributed by atoms with Gasteiger partial charge in [0.1, 0.15) is 18.0 Å². The zero-order valence-corrected chi connectivity index (χ0v) is 20.6. The Kier molecular flexibility index (Phi) is 6.45. The Morgan fingerprint density at radius 1 is 1.18 bits per heavy atom. The Morgan fingerprint density at radius 2 is 1.85 bits per heavy atom. The van der Waals surface area contributed by atoms with Crippen LogP contribution in [-0.2, 0) is 16.1 Å². The summed E-state index contributed by atoms with van der Waals surface area (Å²) in [5, 5.41) is 0. The molecule has 1 heterocycles. The Hall–Kier alpha value is -2.89. The van der Waals surface area contributed by atoms with Crippen LogP contribution in [0, 0.1) is 11.8 Å². The van der Waals surface area contributed by atoms with Gasteiger partial charge >= 0.3 is 6.09 Å². The highest BCUT2D eigenvalue weighted by Gasteiger charge is 2.59. The number of imide groups is 1. The van der Waals surface area contributed by atoms with Gasteiger partial charge in [0.15, 0.2) is 5.67 Å². The summed E-state index contributed by atoms with van der Waals surface area (Å²) in [6, 6.07) is 16.6. The van der Waals surface area contributed by atoms with Gasteiger partial charge in [-0.05, 0) is 68.7 Å². The zero-order chi connectivity index (χ0) is 24.7. The summed E-state index contributed by atoms with van der Waals surface area (Å²) >= 11 is 0. The normalized spacial score (nSPS) is 22.3. The number of hydrogen-bond acceptors (Lipinski definition) is 4. The summed E-state index contributed by atoms with van der Waals surface area (Å²) in [5.74, 6) is -0.918. The fourth-order valence-electron chi connectivity index (χ4n) is 5.43. The summed E-state index contributed by atoms with van der Waals surface area (Å²) in [5.41, 5.74) is -1.41. The van der Waals surface area contributed by atoms with Crippen molar-refractivity contribution in [3.05, 3.63) is 65.7 Å². The number of benzene rings is 2. The highest BCUT2D eigenvalue weighted by Crippen LogP contribution is 2.51. The SMILES string of the molecule is CC(C)C1N(C(=O)C(C)(F)[C@H](c2cccc(OCc3ccccc3)c2)C2CC2)C(=O)OC1(C)C. The molecule has 2 aliphatic rings. The minimum absolute atomic E-state index is 0.0347. The molecule has 5 nitrogen and oxygen atoms in total. The minimum Gasteiger partial charge on any atom is -0.489 e. The smallest absolute Gasteiger partial charge is 0.417 e. The van der Waals surface area contributed by atoms with E-state index >= 15 is 4.39 Å². The maximum atomic E-state index is 16.6. The maximum absolute atomic E-state index is 16.6. The van der Waals surface area contributed by atoms with Crippen LogP contribution in [0.4, 0.5) is 9.18 Å². The van der Waals surface area contributed by atoms with Gasteiger partial charge in [0.2, 0.25) is 0 Å². The van der Waals surface area contributed by atoms with Gasteiger partial charge < -0.3 is 9.47 Å². The Bertz CT molecular complexity index is 1050. The lowest BCUT2D eigenvalue weighted by atomic mass is 9.79. The lowest BCUT2D eigenvalue weighted by Crippen LogP contribution is -2.55. The van der Waals surface area contributed by atoms with Crippen molar-refractivity contribution >= 4 is 12.0 Å². The van der Waals surface area contributed by atoms with E-state index in [0.717, 1.165) is 23.3 Å². The van der Waals surface area contributed by atoms with Crippen molar-refractivity contribution in [3.8, 4) is 5.75 Å². The summed E-state index contributed by atoms with van der Waals surface area (Å²) < 4.78 is 28.0. The van der Waals surface area contributed by atoms with Crippen LogP contribution >= 0.6 is 0 Å². The second kappa shape index (κ2) is 9.05. The standard InChI is InChI=1S/C28H34FNO4/c1-18(2)24-27(3,4)34-26(32)30(24)25(31)28(5,29)23(20-14-15-20)21-12-9-13-22(16-21)33-17-19-10-7-6-8-11-19/h6-13,16,18,20,23-24H,14-15,17H2,1-5H3/t23-,24?,28?/m0/s1. The van der Waals surface area contributed by atoms with Crippen LogP contribution in [0.25, 0.3) is 0 Å². The van der Waals surface area contributed by atoms with Crippen LogP contribution in [0.15, 0.2) is 54.6 Å². The number of alkyl halides is 1. The number of rotatable bonds is 8. The molecule has 0 aromatic heterocycles. The molecule has 182 valence electrons. The van der Waals surface area contributed by atoms with E-state index in [1.807, 2.05) is 68.4 Å². The highest BCUT2D eigenvalue weighted by molar-refractivity contribution is 5.99. The number of cyclic esters (lactones) is 1. The molecule has 3 atom stereocenters. The monoisotopic (exact) mass is 467 g/mol. The van der Waals surface area contributed by atoms with Crippen molar-refractivity contribution in [1.29, 1.82) is 0 Å². The van der Waals surface area contributed by atoms with E-state index in [0.29, 0.717) is 17.9 Å². The Labute approximate surface area is 201 Å². The van der Waals surface area contributed by atoms with E-state index in [-0.39, 0.29) is 11.8 Å². The molecular formula is C28H34FNO4. The first-order chi connectivity index (χ1) is 16.0. The van der Waals surface area contributed by atoms with Crippen LogP contribution in [-0.4, -0.2) is 34.2 Å². The molecule has 1 saturated carbocycles. The van der Waals surface area contributed by atoms with Gasteiger partial charge in [-0.1, -0.05) is 56.3 Å². The molecule has 0 N–H and O–H groups in total. The minimum atomic E-state index is -2.27. The summed E-state index contributed by atoms with van der Waals surface area (Å²) in [4.78, 5) is 27.4. The first-order valence-corrected chi connectivity index (χ1v) is 12.0. The van der Waals surface area contributed by atoms with Crippen LogP contribution in [0.2, 0.25) is 0 Å². The van der Waals surface area contributed by atoms with Crippen molar-refractivity contribution in [2.24, 2.45) is 11.8 Å². The molecule has 1 aliphatic carbocycles. The van der Waals surface area contributed by atoms with Crippen LogP contribution in [0.1, 0.15) is 64.5 Å². The average Bonchev–Trinajstić information content (AvgIpc) is 3.56. The van der Waals surface area contributed by atoms with E-state index in [1.54, 1.807) is 13.8 Å². The highest BCUT2D eigenvalue weighted by atomic mass is 19.1. The predicted octanol–water partition coefficient (Wildman–Crippen LogP) is 6.27. The van der Waals surface area contributed by atoms with Gasteiger partial charge in [-0.15, -0.1) is 0 Å². The van der Waals surface area contributed by atoms with E-state index in [4.69, 9.17) is 9.47 Å². The fourth-order valence-corrected chi connectivity index (χ4v) is 5.43. The van der Waals surface area contributed by atoms with Crippen molar-refractivity contribution in [3.63, 3.8) is 0 Å². The third-order valence-electron chi connectivity index (χ3n) is 6.95. The number of carbonyl (C=O) groups excluding carboxylic acids is 2. The number of hydrogen-bond donors (Lipinski definition) is 0. The number of ether oxygens (including phenoxy) is 2. The first kappa shape index (κ1) is 24.2. The van der Waals surface area contributed by atoms with Crippen LogP contribution < -0.4 is 4.74 Å². The molecule has 2 unspecified atom stereocenters. The van der Waals surface area contributed by atoms with Crippen molar-refractivity contribution in [1.82, 2.24) is 4.90 Å². The van der Waals surface area contributed by atoms with E-state index in [1.165, 1.54) is 6.92 Å². The topological polar surface area (TPSA) is 55.8 Å². The summed E-state index contributed by atoms with van der Waals surface area (Å²) in [7, 11) is 0. The van der Waals surface area contributed by atoms with Crippen molar-refractivity contribution < 1.29 is 23.5 Å². The van der Waals surface area contributed by atoms with Crippen LogP contribution in [0.3, 0.4) is 0 Å². The van der Waals surface area contributed by atoms with E-state index in [9.17, 15) is 9.59 Å². The second-order valence-corrected chi connectivity index (χ2v) is 10.6. The largest absolute Gasteiger partial charge is 0.489 e. The number of halogens is 1. The average molecular weight is 468 g/mol. The molecular weight excluding hydrogens is 433 g/mol. The van der Waals surface area contributed by atoms with E-state index < -0.39 is 35.2 Å². The Balaban J connectivity index is 1.61. The first-order valence-electron chi connectivity index (χ1n) is 12.0. The molecule has 2 amide bonds. The summed E-state index contributed by atoms with van der Waals surface area (Å²) in [6.07, 6.45) is 0.915. The van der Waals surface area contributed by atoms with Crippen LogP contribution in [0.5, 0.6) is 5.75 Å². The molecule has 0 bridgehead atoms. The quantitative estimate of drug-likeness (QED) is 0.459. The van der Waals surface area contributed by atoms with E-state index in [2.05, 4.69) is 0 Å². The number of nitrogens with zero attached hydrogens (tertiary/aromatic N) is 1. The molecule has 4 rings (SSSR count). The van der Waals surface area contributed by atoms with Crippen molar-refractivity contribution in [2.45, 2.75) is 77.3 Å². The molecule has 1 aliphatic heterocycles. The van der Waals surface area contributed by atoms with Crippen molar-refractivity contribution in [2.75, 3.05) is 0 Å². The molecule has 34 heavy (non-hydrogen) atoms. The van der Waals surface area contributed by atoms with Gasteiger partial charge in [-0.3, -0.25) is 4.79 Å². The van der Waals surface area contributed by atoms with Gasteiger partial charge in [0.05, 0.1) is 6.04 Å². The number of carbonyl (C=O) groups is 2. The summed E-state index contributed by atoms with van der Waals surface area (Å²) in [6.45, 7) is 9.07. The van der Waals surface area contributed by atoms with Gasteiger partial charge in [0.25, 0.3) is 5.91 Å². The number of amides is 2. The molecule has 0 spiro atoms. The fraction of sp³-hybridized carbons (Fsp3) is 0.500. The molecule has 2 aromatic carbocycles. The van der Waals surface area contributed by atoms with Gasteiger partial charge in [-0.25, -0.2) is 14.1 Å². The molecule has 6 heteroatoms. The zero-order valence-electron chi connectivity index (χ0n) is 20.6. The Morgan fingerprint density at radius 3 is 2.47 bits per heavy atom. The molecule has 2 fully saturated rings. The maximum Gasteiger partial charge on any atom is 0.417 e. The third kappa shape index (κ3) is 4.68. The predicted molar refractivity (Wildman–Crippen MR) is 128 cm³/mol. The molecule has 1 saturated heterocycles. The lowest BCUT2D eigenvalue weighted by molar-refractivity contribution is -0.144.